The molecule has 1 saturated heterocycles. The molecule has 94 valence electrons. The summed E-state index contributed by atoms with van der Waals surface area (Å²) >= 11 is 0. The molecule has 1 N–H and O–H groups in total. The van der Waals surface area contributed by atoms with Gasteiger partial charge in [0.25, 0.3) is 0 Å². The lowest BCUT2D eigenvalue weighted by Crippen LogP contribution is -2.30. The molecule has 1 aromatic rings. The summed E-state index contributed by atoms with van der Waals surface area (Å²) in [4.78, 5) is 0. The zero-order valence-corrected chi connectivity index (χ0v) is 10.4. The van der Waals surface area contributed by atoms with Gasteiger partial charge < -0.3 is 14.8 Å². The Bertz CT molecular complexity index is 315. The fraction of sp³-hybridized carbons (Fsp3) is 0.571. The number of ether oxygens (including phenoxy) is 2. The standard InChI is InChI=1S/C14H21NO2/c1-12-7-15-8-14(17-9-12)11-16-10-13-5-3-2-4-6-13/h2-6,12,14-15H,7-11H2,1H3/t12?,14-/m0/s1. The summed E-state index contributed by atoms with van der Waals surface area (Å²) in [6.45, 7) is 6.27. The minimum atomic E-state index is 0.184. The van der Waals surface area contributed by atoms with E-state index < -0.39 is 0 Å². The highest BCUT2D eigenvalue weighted by atomic mass is 16.5. The zero-order valence-electron chi connectivity index (χ0n) is 10.4. The predicted molar refractivity (Wildman–Crippen MR) is 67.9 cm³/mol. The van der Waals surface area contributed by atoms with Crippen LogP contribution in [0.3, 0.4) is 0 Å². The van der Waals surface area contributed by atoms with Crippen molar-refractivity contribution in [1.29, 1.82) is 0 Å². The Balaban J connectivity index is 1.68. The van der Waals surface area contributed by atoms with Crippen molar-refractivity contribution in [1.82, 2.24) is 5.32 Å². The van der Waals surface area contributed by atoms with Crippen LogP contribution in [0.2, 0.25) is 0 Å². The maximum Gasteiger partial charge on any atom is 0.0932 e. The lowest BCUT2D eigenvalue weighted by molar-refractivity contribution is -0.0194. The summed E-state index contributed by atoms with van der Waals surface area (Å²) in [7, 11) is 0. The van der Waals surface area contributed by atoms with Crippen molar-refractivity contribution < 1.29 is 9.47 Å². The zero-order chi connectivity index (χ0) is 11.9. The van der Waals surface area contributed by atoms with E-state index in [1.165, 1.54) is 5.56 Å². The summed E-state index contributed by atoms with van der Waals surface area (Å²) in [5.41, 5.74) is 1.21. The first kappa shape index (κ1) is 12.6. The van der Waals surface area contributed by atoms with Crippen molar-refractivity contribution in [2.45, 2.75) is 19.6 Å². The minimum absolute atomic E-state index is 0.184. The molecule has 1 aliphatic rings. The fourth-order valence-corrected chi connectivity index (χ4v) is 1.90. The third-order valence-corrected chi connectivity index (χ3v) is 2.90. The van der Waals surface area contributed by atoms with E-state index in [1.54, 1.807) is 0 Å². The quantitative estimate of drug-likeness (QED) is 0.863. The lowest BCUT2D eigenvalue weighted by atomic mass is 10.2. The molecule has 1 aliphatic heterocycles. The summed E-state index contributed by atoms with van der Waals surface area (Å²) in [5.74, 6) is 0.592. The van der Waals surface area contributed by atoms with Crippen LogP contribution in [0.4, 0.5) is 0 Å². The van der Waals surface area contributed by atoms with Crippen molar-refractivity contribution in [2.75, 3.05) is 26.3 Å². The Morgan fingerprint density at radius 3 is 2.94 bits per heavy atom. The van der Waals surface area contributed by atoms with Crippen molar-refractivity contribution >= 4 is 0 Å². The van der Waals surface area contributed by atoms with Crippen molar-refractivity contribution in [3.8, 4) is 0 Å². The Kier molecular flexibility index (Phi) is 4.98. The van der Waals surface area contributed by atoms with Crippen LogP contribution in [0.25, 0.3) is 0 Å². The second kappa shape index (κ2) is 6.74. The minimum Gasteiger partial charge on any atom is -0.374 e. The molecule has 2 atom stereocenters. The SMILES string of the molecule is CC1CNC[C@@H](COCc2ccccc2)OC1. The van der Waals surface area contributed by atoms with Crippen LogP contribution in [-0.4, -0.2) is 32.4 Å². The molecule has 0 spiro atoms. The molecule has 3 heteroatoms. The average Bonchev–Trinajstić information content (AvgIpc) is 2.56. The molecule has 0 bridgehead atoms. The number of hydrogen-bond donors (Lipinski definition) is 1. The monoisotopic (exact) mass is 235 g/mol. The molecule has 0 aliphatic carbocycles. The molecule has 1 aromatic carbocycles. The number of benzene rings is 1. The molecule has 17 heavy (non-hydrogen) atoms. The molecular formula is C14H21NO2. The highest BCUT2D eigenvalue weighted by molar-refractivity contribution is 5.13. The van der Waals surface area contributed by atoms with Gasteiger partial charge >= 0.3 is 0 Å². The summed E-state index contributed by atoms with van der Waals surface area (Å²) < 4.78 is 11.5. The second-order valence-corrected chi connectivity index (χ2v) is 4.72. The largest absolute Gasteiger partial charge is 0.374 e. The van der Waals surface area contributed by atoms with Gasteiger partial charge in [-0.15, -0.1) is 0 Å². The van der Waals surface area contributed by atoms with Gasteiger partial charge in [0.05, 0.1) is 25.9 Å². The molecule has 1 unspecified atom stereocenters. The molecule has 0 radical (unpaired) electrons. The fourth-order valence-electron chi connectivity index (χ4n) is 1.90. The molecule has 0 aromatic heterocycles. The normalized spacial score (nSPS) is 25.5. The van der Waals surface area contributed by atoms with Crippen molar-refractivity contribution in [2.24, 2.45) is 5.92 Å². The van der Waals surface area contributed by atoms with Crippen LogP contribution in [0, 0.1) is 5.92 Å². The van der Waals surface area contributed by atoms with Crippen LogP contribution in [0.5, 0.6) is 0 Å². The van der Waals surface area contributed by atoms with E-state index in [2.05, 4.69) is 24.4 Å². The van der Waals surface area contributed by atoms with E-state index >= 15 is 0 Å². The molecular weight excluding hydrogens is 214 g/mol. The van der Waals surface area contributed by atoms with Gasteiger partial charge in [0.2, 0.25) is 0 Å². The first-order valence-electron chi connectivity index (χ1n) is 6.28. The predicted octanol–water partition coefficient (Wildman–Crippen LogP) is 1.83. The van der Waals surface area contributed by atoms with Crippen LogP contribution >= 0.6 is 0 Å². The van der Waals surface area contributed by atoms with Crippen LogP contribution in [0.1, 0.15) is 12.5 Å². The van der Waals surface area contributed by atoms with Gasteiger partial charge in [-0.05, 0) is 18.0 Å². The van der Waals surface area contributed by atoms with E-state index in [4.69, 9.17) is 9.47 Å². The third-order valence-electron chi connectivity index (χ3n) is 2.90. The maximum atomic E-state index is 5.77. The van der Waals surface area contributed by atoms with Crippen molar-refractivity contribution in [3.05, 3.63) is 35.9 Å². The lowest BCUT2D eigenvalue weighted by Gasteiger charge is -2.15. The Labute approximate surface area is 103 Å². The van der Waals surface area contributed by atoms with Gasteiger partial charge in [0.1, 0.15) is 0 Å². The summed E-state index contributed by atoms with van der Waals surface area (Å²) in [6.07, 6.45) is 0.184. The van der Waals surface area contributed by atoms with E-state index in [1.807, 2.05) is 18.2 Å². The van der Waals surface area contributed by atoms with Gasteiger partial charge in [-0.25, -0.2) is 0 Å². The highest BCUT2D eigenvalue weighted by Crippen LogP contribution is 2.06. The van der Waals surface area contributed by atoms with Crippen molar-refractivity contribution in [3.63, 3.8) is 0 Å². The highest BCUT2D eigenvalue weighted by Gasteiger charge is 2.15. The molecule has 2 rings (SSSR count). The molecule has 3 nitrogen and oxygen atoms in total. The summed E-state index contributed by atoms with van der Waals surface area (Å²) in [5, 5.41) is 3.39. The smallest absolute Gasteiger partial charge is 0.0932 e. The van der Waals surface area contributed by atoms with Gasteiger partial charge in [-0.1, -0.05) is 37.3 Å². The van der Waals surface area contributed by atoms with E-state index in [-0.39, 0.29) is 6.10 Å². The average molecular weight is 235 g/mol. The van der Waals surface area contributed by atoms with Gasteiger partial charge in [0, 0.05) is 6.54 Å². The van der Waals surface area contributed by atoms with Gasteiger partial charge in [-0.2, -0.15) is 0 Å². The van der Waals surface area contributed by atoms with Crippen LogP contribution in [-0.2, 0) is 16.1 Å². The molecule has 1 heterocycles. The number of rotatable bonds is 4. The number of nitrogens with one attached hydrogen (secondary N) is 1. The van der Waals surface area contributed by atoms with Crippen LogP contribution in [0.15, 0.2) is 30.3 Å². The Morgan fingerprint density at radius 2 is 2.12 bits per heavy atom. The maximum absolute atomic E-state index is 5.77. The Morgan fingerprint density at radius 1 is 1.29 bits per heavy atom. The van der Waals surface area contributed by atoms with E-state index in [0.717, 1.165) is 19.7 Å². The first-order valence-corrected chi connectivity index (χ1v) is 6.28. The van der Waals surface area contributed by atoms with Crippen LogP contribution < -0.4 is 5.32 Å². The first-order chi connectivity index (χ1) is 8.34. The third kappa shape index (κ3) is 4.46. The van der Waals surface area contributed by atoms with Gasteiger partial charge in [0.15, 0.2) is 0 Å². The molecule has 0 amide bonds. The summed E-state index contributed by atoms with van der Waals surface area (Å²) in [6, 6.07) is 10.2. The molecule has 1 fully saturated rings. The number of hydrogen-bond acceptors (Lipinski definition) is 3. The van der Waals surface area contributed by atoms with E-state index in [0.29, 0.717) is 19.1 Å². The molecule has 0 saturated carbocycles. The second-order valence-electron chi connectivity index (χ2n) is 4.72. The Hall–Kier alpha value is -0.900. The van der Waals surface area contributed by atoms with Gasteiger partial charge in [-0.3, -0.25) is 0 Å². The van der Waals surface area contributed by atoms with E-state index in [9.17, 15) is 0 Å². The topological polar surface area (TPSA) is 30.5 Å².